The van der Waals surface area contributed by atoms with Crippen molar-refractivity contribution < 1.29 is 18.3 Å². The van der Waals surface area contributed by atoms with Crippen LogP contribution in [0.3, 0.4) is 0 Å². The van der Waals surface area contributed by atoms with E-state index < -0.39 is 11.6 Å². The van der Waals surface area contributed by atoms with E-state index in [1.807, 2.05) is 4.57 Å². The second-order valence-corrected chi connectivity index (χ2v) is 9.38. The van der Waals surface area contributed by atoms with Gasteiger partial charge < -0.3 is 21.1 Å². The summed E-state index contributed by atoms with van der Waals surface area (Å²) in [6, 6.07) is 2.68. The Bertz CT molecular complexity index is 1210. The van der Waals surface area contributed by atoms with E-state index in [0.29, 0.717) is 61.6 Å². The molecule has 1 saturated heterocycles. The quantitative estimate of drug-likeness (QED) is 0.483. The van der Waals surface area contributed by atoms with E-state index in [0.717, 1.165) is 12.8 Å². The lowest BCUT2D eigenvalue weighted by Crippen LogP contribution is -2.29. The molecule has 0 atom stereocenters. The van der Waals surface area contributed by atoms with Crippen LogP contribution >= 0.6 is 0 Å². The lowest BCUT2D eigenvalue weighted by Gasteiger charge is -2.29. The molecule has 2 aliphatic rings. The van der Waals surface area contributed by atoms with Gasteiger partial charge in [0, 0.05) is 31.2 Å². The average Bonchev–Trinajstić information content (AvgIpc) is 3.19. The van der Waals surface area contributed by atoms with Crippen LogP contribution in [-0.4, -0.2) is 44.7 Å². The smallest absolute Gasteiger partial charge is 0.224 e. The van der Waals surface area contributed by atoms with Crippen LogP contribution in [0, 0.1) is 24.5 Å². The van der Waals surface area contributed by atoms with E-state index >= 15 is 0 Å². The zero-order valence-electron chi connectivity index (χ0n) is 19.6. The molecule has 0 radical (unpaired) electrons. The summed E-state index contributed by atoms with van der Waals surface area (Å²) in [5.41, 5.74) is 6.80. The number of fused-ring (bicyclic) bond motifs is 1. The largest absolute Gasteiger partial charge is 0.381 e. The summed E-state index contributed by atoms with van der Waals surface area (Å²) in [4.78, 5) is 25.4. The Balaban J connectivity index is 1.52. The van der Waals surface area contributed by atoms with Crippen molar-refractivity contribution in [1.82, 2.24) is 19.5 Å². The van der Waals surface area contributed by atoms with E-state index in [1.165, 1.54) is 12.1 Å². The van der Waals surface area contributed by atoms with Crippen molar-refractivity contribution in [3.63, 3.8) is 0 Å². The summed E-state index contributed by atoms with van der Waals surface area (Å²) in [6.07, 6.45) is 5.92. The molecule has 1 aliphatic carbocycles. The highest BCUT2D eigenvalue weighted by Crippen LogP contribution is 2.37. The maximum Gasteiger partial charge on any atom is 0.224 e. The normalized spacial score (nSPS) is 21.2. The molecule has 11 heteroatoms. The first-order valence-electron chi connectivity index (χ1n) is 12.0. The fourth-order valence-corrected chi connectivity index (χ4v) is 4.97. The number of nitrogens with two attached hydrogens (primary N) is 1. The Morgan fingerprint density at radius 1 is 1.09 bits per heavy atom. The second-order valence-electron chi connectivity index (χ2n) is 9.38. The summed E-state index contributed by atoms with van der Waals surface area (Å²) < 4.78 is 36.6. The summed E-state index contributed by atoms with van der Waals surface area (Å²) in [5, 5.41) is 6.23. The number of nitrogens with zero attached hydrogens (tertiary/aromatic N) is 4. The number of anilines is 3. The summed E-state index contributed by atoms with van der Waals surface area (Å²) in [6.45, 7) is 3.00. The third-order valence-corrected chi connectivity index (χ3v) is 6.87. The molecule has 1 amide bonds. The number of halogens is 2. The van der Waals surface area contributed by atoms with Gasteiger partial charge in [-0.25, -0.2) is 18.7 Å². The molecule has 9 nitrogen and oxygen atoms in total. The van der Waals surface area contributed by atoms with Crippen LogP contribution in [0.4, 0.5) is 26.4 Å². The number of imidazole rings is 1. The Morgan fingerprint density at radius 2 is 1.77 bits per heavy atom. The van der Waals surface area contributed by atoms with E-state index in [2.05, 4.69) is 20.6 Å². The number of benzene rings is 1. The van der Waals surface area contributed by atoms with Gasteiger partial charge >= 0.3 is 0 Å². The van der Waals surface area contributed by atoms with Gasteiger partial charge in [0.2, 0.25) is 17.8 Å². The number of amides is 1. The van der Waals surface area contributed by atoms with E-state index in [1.54, 1.807) is 13.1 Å². The van der Waals surface area contributed by atoms with Crippen molar-refractivity contribution in [1.29, 1.82) is 0 Å². The number of primary amides is 1. The minimum absolute atomic E-state index is 0.0690. The number of hydrogen-bond donors (Lipinski definition) is 3. The van der Waals surface area contributed by atoms with Crippen LogP contribution in [0.1, 0.15) is 50.1 Å². The summed E-state index contributed by atoms with van der Waals surface area (Å²) >= 11 is 0. The maximum absolute atomic E-state index is 14.7. The molecule has 5 rings (SSSR count). The molecule has 35 heavy (non-hydrogen) atoms. The van der Waals surface area contributed by atoms with Gasteiger partial charge in [0.1, 0.15) is 22.8 Å². The average molecular weight is 486 g/mol. The van der Waals surface area contributed by atoms with Crippen molar-refractivity contribution in [3.8, 4) is 0 Å². The topological polar surface area (TPSA) is 120 Å². The lowest BCUT2D eigenvalue weighted by atomic mass is 9.85. The molecular weight excluding hydrogens is 456 g/mol. The van der Waals surface area contributed by atoms with Gasteiger partial charge in [-0.1, -0.05) is 0 Å². The number of hydrogen-bond acceptors (Lipinski definition) is 7. The molecule has 3 aromatic rings. The minimum atomic E-state index is -0.702. The van der Waals surface area contributed by atoms with Crippen molar-refractivity contribution in [2.24, 2.45) is 11.7 Å². The van der Waals surface area contributed by atoms with Gasteiger partial charge in [0.25, 0.3) is 0 Å². The van der Waals surface area contributed by atoms with Crippen molar-refractivity contribution in [3.05, 3.63) is 35.5 Å². The number of aryl methyl sites for hydroxylation is 1. The molecule has 2 fully saturated rings. The van der Waals surface area contributed by atoms with Gasteiger partial charge in [0.15, 0.2) is 5.65 Å². The number of aromatic nitrogens is 4. The predicted molar refractivity (Wildman–Crippen MR) is 127 cm³/mol. The van der Waals surface area contributed by atoms with Crippen LogP contribution in [-0.2, 0) is 9.53 Å². The van der Waals surface area contributed by atoms with Gasteiger partial charge in [-0.15, -0.1) is 0 Å². The molecular formula is C24H29F2N7O2. The first-order chi connectivity index (χ1) is 16.9. The number of ether oxygens (including phenoxy) is 1. The third-order valence-electron chi connectivity index (χ3n) is 6.87. The highest BCUT2D eigenvalue weighted by molar-refractivity contribution is 5.78. The molecule has 1 aliphatic heterocycles. The standard InChI is InChI=1S/C24H29F2N7O2/c1-13-10-17(25)20(18(26)11-13)31-24-30-19-12-28-23(29-15-6-8-35-9-7-15)32-22(19)33(24)16-4-2-14(3-5-16)21(27)34/h10-12,14-16H,2-9H2,1H3,(H2,27,34)(H,30,31)(H,28,29,32)/t14-,16-. The first-order valence-corrected chi connectivity index (χ1v) is 12.0. The van der Waals surface area contributed by atoms with Crippen LogP contribution in [0.2, 0.25) is 0 Å². The number of carbonyl (C=O) groups is 1. The molecule has 1 saturated carbocycles. The van der Waals surface area contributed by atoms with Crippen LogP contribution in [0.5, 0.6) is 0 Å². The molecule has 1 aromatic carbocycles. The monoisotopic (exact) mass is 485 g/mol. The van der Waals surface area contributed by atoms with Crippen LogP contribution in [0.25, 0.3) is 11.2 Å². The molecule has 2 aromatic heterocycles. The maximum atomic E-state index is 14.7. The molecule has 0 unspecified atom stereocenters. The molecule has 0 bridgehead atoms. The van der Waals surface area contributed by atoms with E-state index in [4.69, 9.17) is 15.5 Å². The molecule has 186 valence electrons. The lowest BCUT2D eigenvalue weighted by molar-refractivity contribution is -0.122. The van der Waals surface area contributed by atoms with Gasteiger partial charge in [-0.2, -0.15) is 4.98 Å². The Kier molecular flexibility index (Phi) is 6.50. The second kappa shape index (κ2) is 9.73. The van der Waals surface area contributed by atoms with Crippen LogP contribution < -0.4 is 16.4 Å². The minimum Gasteiger partial charge on any atom is -0.381 e. The van der Waals surface area contributed by atoms with Gasteiger partial charge in [0.05, 0.1) is 6.20 Å². The highest BCUT2D eigenvalue weighted by atomic mass is 19.1. The molecule has 0 spiro atoms. The zero-order valence-corrected chi connectivity index (χ0v) is 19.6. The van der Waals surface area contributed by atoms with Crippen molar-refractivity contribution in [2.75, 3.05) is 23.8 Å². The van der Waals surface area contributed by atoms with Crippen LogP contribution in [0.15, 0.2) is 18.3 Å². The fraction of sp³-hybridized carbons (Fsp3) is 0.500. The number of carbonyl (C=O) groups excluding carboxylic acids is 1. The molecule has 3 heterocycles. The summed E-state index contributed by atoms with van der Waals surface area (Å²) in [7, 11) is 0. The Morgan fingerprint density at radius 3 is 2.43 bits per heavy atom. The SMILES string of the molecule is Cc1cc(F)c(Nc2nc3cnc(NC4CCOCC4)nc3n2[C@H]2CC[C@H](C(N)=O)CC2)c(F)c1. The zero-order chi connectivity index (χ0) is 24.5. The fourth-order valence-electron chi connectivity index (χ4n) is 4.97. The van der Waals surface area contributed by atoms with E-state index in [-0.39, 0.29) is 35.5 Å². The molecule has 4 N–H and O–H groups in total. The third kappa shape index (κ3) is 4.90. The highest BCUT2D eigenvalue weighted by Gasteiger charge is 2.30. The first kappa shape index (κ1) is 23.4. The van der Waals surface area contributed by atoms with Gasteiger partial charge in [-0.3, -0.25) is 9.36 Å². The van der Waals surface area contributed by atoms with Crippen molar-refractivity contribution in [2.45, 2.75) is 57.5 Å². The summed E-state index contributed by atoms with van der Waals surface area (Å²) in [5.74, 6) is -1.13. The van der Waals surface area contributed by atoms with Crippen molar-refractivity contribution >= 4 is 34.7 Å². The predicted octanol–water partition coefficient (Wildman–Crippen LogP) is 3.96. The van der Waals surface area contributed by atoms with E-state index in [9.17, 15) is 13.6 Å². The number of nitrogens with one attached hydrogen (secondary N) is 2. The Hall–Kier alpha value is -3.34. The number of rotatable bonds is 6. The van der Waals surface area contributed by atoms with Gasteiger partial charge in [-0.05, 0) is 63.1 Å². The Labute approximate surface area is 201 Å².